The SMILES string of the molecule is CC(C)(CC(=O)NCc1ncc(C(=O)O)s1)NC(=O)OCC1c2ccccc2-c2ccccc21. The lowest BCUT2D eigenvalue weighted by atomic mass is 9.98. The maximum atomic E-state index is 12.5. The Bertz CT molecular complexity index is 1190. The molecule has 0 spiro atoms. The predicted molar refractivity (Wildman–Crippen MR) is 128 cm³/mol. The van der Waals surface area contributed by atoms with E-state index in [2.05, 4.69) is 39.9 Å². The summed E-state index contributed by atoms with van der Waals surface area (Å²) in [5, 5.41) is 14.9. The number of thiazole rings is 1. The third kappa shape index (κ3) is 5.26. The molecule has 1 aliphatic rings. The summed E-state index contributed by atoms with van der Waals surface area (Å²) in [5.74, 6) is -1.39. The molecule has 0 saturated heterocycles. The Hall–Kier alpha value is -3.72. The molecule has 0 atom stereocenters. The van der Waals surface area contributed by atoms with Gasteiger partial charge in [0.2, 0.25) is 5.91 Å². The molecule has 0 fully saturated rings. The highest BCUT2D eigenvalue weighted by Gasteiger charge is 2.30. The van der Waals surface area contributed by atoms with Crippen LogP contribution in [-0.2, 0) is 16.1 Å². The quantitative estimate of drug-likeness (QED) is 0.446. The molecule has 8 nitrogen and oxygen atoms in total. The topological polar surface area (TPSA) is 118 Å². The average Bonchev–Trinajstić information content (AvgIpc) is 3.39. The maximum absolute atomic E-state index is 12.5. The van der Waals surface area contributed by atoms with Gasteiger partial charge in [-0.1, -0.05) is 48.5 Å². The Balaban J connectivity index is 1.29. The first-order valence-corrected chi connectivity index (χ1v) is 11.6. The van der Waals surface area contributed by atoms with Crippen LogP contribution in [0.5, 0.6) is 0 Å². The molecular formula is C25H25N3O5S. The van der Waals surface area contributed by atoms with Crippen LogP contribution in [0.4, 0.5) is 4.79 Å². The van der Waals surface area contributed by atoms with Crippen molar-refractivity contribution >= 4 is 29.3 Å². The summed E-state index contributed by atoms with van der Waals surface area (Å²) in [6.45, 7) is 3.79. The highest BCUT2D eigenvalue weighted by Crippen LogP contribution is 2.44. The summed E-state index contributed by atoms with van der Waals surface area (Å²) in [4.78, 5) is 39.9. The summed E-state index contributed by atoms with van der Waals surface area (Å²) in [6, 6.07) is 16.2. The number of nitrogens with one attached hydrogen (secondary N) is 2. The van der Waals surface area contributed by atoms with Crippen LogP contribution in [0.25, 0.3) is 11.1 Å². The fourth-order valence-electron chi connectivity index (χ4n) is 4.08. The van der Waals surface area contributed by atoms with E-state index in [-0.39, 0.29) is 36.3 Å². The van der Waals surface area contributed by atoms with E-state index >= 15 is 0 Å². The number of carboxylic acids is 1. The van der Waals surface area contributed by atoms with Crippen molar-refractivity contribution in [1.82, 2.24) is 15.6 Å². The molecule has 2 amide bonds. The number of nitrogens with zero attached hydrogens (tertiary/aromatic N) is 1. The monoisotopic (exact) mass is 479 g/mol. The molecule has 0 radical (unpaired) electrons. The van der Waals surface area contributed by atoms with Gasteiger partial charge in [-0.3, -0.25) is 4.79 Å². The van der Waals surface area contributed by atoms with E-state index in [1.54, 1.807) is 13.8 Å². The second-order valence-corrected chi connectivity index (χ2v) is 9.83. The van der Waals surface area contributed by atoms with Gasteiger partial charge < -0.3 is 20.5 Å². The van der Waals surface area contributed by atoms with Gasteiger partial charge in [-0.15, -0.1) is 11.3 Å². The van der Waals surface area contributed by atoms with Crippen molar-refractivity contribution in [3.8, 4) is 11.1 Å². The normalized spacial score (nSPS) is 12.5. The first kappa shape index (κ1) is 23.4. The molecule has 0 aliphatic heterocycles. The Morgan fingerprint density at radius 2 is 1.68 bits per heavy atom. The van der Waals surface area contributed by atoms with Crippen LogP contribution in [0.15, 0.2) is 54.7 Å². The summed E-state index contributed by atoms with van der Waals surface area (Å²) in [7, 11) is 0. The lowest BCUT2D eigenvalue weighted by molar-refractivity contribution is -0.122. The van der Waals surface area contributed by atoms with Gasteiger partial charge in [-0.25, -0.2) is 14.6 Å². The summed E-state index contributed by atoms with van der Waals surface area (Å²) in [5.41, 5.74) is 3.72. The molecule has 9 heteroatoms. The molecule has 176 valence electrons. The largest absolute Gasteiger partial charge is 0.477 e. The van der Waals surface area contributed by atoms with Crippen LogP contribution >= 0.6 is 11.3 Å². The minimum atomic E-state index is -1.05. The second kappa shape index (κ2) is 9.64. The predicted octanol–water partition coefficient (Wildman–Crippen LogP) is 4.16. The minimum absolute atomic E-state index is 0.0222. The van der Waals surface area contributed by atoms with E-state index in [9.17, 15) is 14.4 Å². The van der Waals surface area contributed by atoms with Gasteiger partial charge in [0, 0.05) is 17.9 Å². The number of carbonyl (C=O) groups excluding carboxylic acids is 2. The molecule has 0 bridgehead atoms. The van der Waals surface area contributed by atoms with Crippen LogP contribution in [0.1, 0.15) is 52.0 Å². The molecule has 4 rings (SSSR count). The number of benzene rings is 2. The van der Waals surface area contributed by atoms with Gasteiger partial charge >= 0.3 is 12.1 Å². The van der Waals surface area contributed by atoms with Crippen molar-refractivity contribution < 1.29 is 24.2 Å². The zero-order valence-electron chi connectivity index (χ0n) is 18.8. The van der Waals surface area contributed by atoms with Crippen LogP contribution in [-0.4, -0.2) is 40.2 Å². The van der Waals surface area contributed by atoms with Gasteiger partial charge in [-0.05, 0) is 36.1 Å². The van der Waals surface area contributed by atoms with Crippen molar-refractivity contribution in [2.75, 3.05) is 6.61 Å². The van der Waals surface area contributed by atoms with Crippen molar-refractivity contribution in [1.29, 1.82) is 0 Å². The third-order valence-corrected chi connectivity index (χ3v) is 6.57. The molecule has 0 unspecified atom stereocenters. The molecule has 3 N–H and O–H groups in total. The van der Waals surface area contributed by atoms with Gasteiger partial charge in [0.25, 0.3) is 0 Å². The van der Waals surface area contributed by atoms with E-state index < -0.39 is 17.6 Å². The first-order valence-electron chi connectivity index (χ1n) is 10.8. The number of rotatable bonds is 8. The molecule has 1 aromatic heterocycles. The molecular weight excluding hydrogens is 454 g/mol. The smallest absolute Gasteiger partial charge is 0.407 e. The first-order chi connectivity index (χ1) is 16.2. The molecule has 0 saturated carbocycles. The standard InChI is InChI=1S/C25H25N3O5S/c1-25(2,11-21(29)26-13-22-27-12-20(34-22)23(30)31)28-24(32)33-14-19-17-9-5-3-7-15(17)16-8-4-6-10-18(16)19/h3-10,12,19H,11,13-14H2,1-2H3,(H,26,29)(H,28,32)(H,30,31). The number of carboxylic acid groups (broad SMARTS) is 1. The van der Waals surface area contributed by atoms with Crippen LogP contribution in [0.2, 0.25) is 0 Å². The van der Waals surface area contributed by atoms with Gasteiger partial charge in [0.1, 0.15) is 16.5 Å². The number of hydrogen-bond donors (Lipinski definition) is 3. The van der Waals surface area contributed by atoms with Gasteiger partial charge in [-0.2, -0.15) is 0 Å². The lowest BCUT2D eigenvalue weighted by Gasteiger charge is -2.25. The Morgan fingerprint density at radius 1 is 1.06 bits per heavy atom. The summed E-state index contributed by atoms with van der Waals surface area (Å²) >= 11 is 1.01. The average molecular weight is 480 g/mol. The Kier molecular flexibility index (Phi) is 6.65. The fraction of sp³-hybridized carbons (Fsp3) is 0.280. The molecule has 1 aliphatic carbocycles. The molecule has 3 aromatic rings. The number of fused-ring (bicyclic) bond motifs is 3. The van der Waals surface area contributed by atoms with E-state index in [4.69, 9.17) is 9.84 Å². The van der Waals surface area contributed by atoms with Crippen LogP contribution < -0.4 is 10.6 Å². The van der Waals surface area contributed by atoms with Crippen molar-refractivity contribution in [2.45, 2.75) is 38.3 Å². The van der Waals surface area contributed by atoms with E-state index in [1.165, 1.54) is 6.20 Å². The number of aromatic carboxylic acids is 1. The van der Waals surface area contributed by atoms with Crippen LogP contribution in [0.3, 0.4) is 0 Å². The number of aromatic nitrogens is 1. The van der Waals surface area contributed by atoms with Crippen molar-refractivity contribution in [3.63, 3.8) is 0 Å². The highest BCUT2D eigenvalue weighted by atomic mass is 32.1. The molecule has 1 heterocycles. The minimum Gasteiger partial charge on any atom is -0.477 e. The second-order valence-electron chi connectivity index (χ2n) is 8.71. The fourth-order valence-corrected chi connectivity index (χ4v) is 4.78. The summed E-state index contributed by atoms with van der Waals surface area (Å²) < 4.78 is 5.57. The number of amides is 2. The third-order valence-electron chi connectivity index (χ3n) is 5.59. The van der Waals surface area contributed by atoms with E-state index in [0.29, 0.717) is 5.01 Å². The Labute approximate surface area is 201 Å². The number of hydrogen-bond acceptors (Lipinski definition) is 6. The van der Waals surface area contributed by atoms with Gasteiger partial charge in [0.15, 0.2) is 0 Å². The molecule has 34 heavy (non-hydrogen) atoms. The summed E-state index contributed by atoms with van der Waals surface area (Å²) in [6.07, 6.45) is 0.691. The highest BCUT2D eigenvalue weighted by molar-refractivity contribution is 7.13. The van der Waals surface area contributed by atoms with E-state index in [0.717, 1.165) is 33.6 Å². The zero-order chi connectivity index (χ0) is 24.3. The number of alkyl carbamates (subject to hydrolysis) is 1. The van der Waals surface area contributed by atoms with Crippen LogP contribution in [0, 0.1) is 0 Å². The number of carbonyl (C=O) groups is 3. The Morgan fingerprint density at radius 3 is 2.26 bits per heavy atom. The lowest BCUT2D eigenvalue weighted by Crippen LogP contribution is -2.47. The number of ether oxygens (including phenoxy) is 1. The van der Waals surface area contributed by atoms with Crippen molar-refractivity contribution in [3.05, 3.63) is 75.7 Å². The molecule has 2 aromatic carbocycles. The van der Waals surface area contributed by atoms with Crippen molar-refractivity contribution in [2.24, 2.45) is 0 Å². The zero-order valence-corrected chi connectivity index (χ0v) is 19.6. The van der Waals surface area contributed by atoms with Gasteiger partial charge in [0.05, 0.1) is 12.7 Å². The maximum Gasteiger partial charge on any atom is 0.407 e. The van der Waals surface area contributed by atoms with E-state index in [1.807, 2.05) is 24.3 Å².